The molecule has 2 aliphatic heterocycles. The molecule has 0 N–H and O–H groups in total. The maximum atomic E-state index is 15.3. The number of halogens is 2. The van der Waals surface area contributed by atoms with Crippen LogP contribution in [0.15, 0.2) is 42.5 Å². The average Bonchev–Trinajstić information content (AvgIpc) is 2.86. The number of hydrogen-bond acceptors (Lipinski definition) is 7. The van der Waals surface area contributed by atoms with E-state index >= 15 is 8.78 Å². The maximum Gasteiger partial charge on any atom is 0.316 e. The molecule has 2 aromatic carbocycles. The molecule has 0 saturated carbocycles. The summed E-state index contributed by atoms with van der Waals surface area (Å²) in [5.74, 6) is -3.13. The Morgan fingerprint density at radius 1 is 1.12 bits per heavy atom. The predicted octanol–water partition coefficient (Wildman–Crippen LogP) is 3.92. The largest absolute Gasteiger partial charge is 0.468 e. The Kier molecular flexibility index (Phi) is 7.16. The normalized spacial score (nSPS) is 23.1. The Bertz CT molecular complexity index is 1100. The van der Waals surface area contributed by atoms with Crippen LogP contribution in [0.4, 0.5) is 8.78 Å². The van der Waals surface area contributed by atoms with Crippen molar-refractivity contribution < 1.29 is 32.6 Å². The zero-order chi connectivity index (χ0) is 24.5. The molecule has 0 amide bonds. The predicted molar refractivity (Wildman–Crippen MR) is 122 cm³/mol. The topological polar surface area (TPSA) is 72.9 Å². The molecule has 2 aliphatic rings. The molecule has 9 heteroatoms. The smallest absolute Gasteiger partial charge is 0.316 e. The molecule has 0 bridgehead atoms. The van der Waals surface area contributed by atoms with E-state index in [4.69, 9.17) is 9.47 Å². The number of Topliss-reactive ketones (excluding diaryl/α,β-unsaturated/α-hetero) is 2. The third-order valence-electron chi connectivity index (χ3n) is 6.54. The molecule has 2 heterocycles. The van der Waals surface area contributed by atoms with Gasteiger partial charge in [0.1, 0.15) is 22.3 Å². The van der Waals surface area contributed by atoms with Crippen LogP contribution in [0.5, 0.6) is 0 Å². The molecule has 2 saturated heterocycles. The highest BCUT2D eigenvalue weighted by Gasteiger charge is 2.46. The van der Waals surface area contributed by atoms with Crippen molar-refractivity contribution >= 4 is 29.5 Å². The second kappa shape index (κ2) is 9.93. The molecule has 0 radical (unpaired) electrons. The summed E-state index contributed by atoms with van der Waals surface area (Å²) in [6.07, 6.45) is 0.369. The van der Waals surface area contributed by atoms with E-state index in [0.29, 0.717) is 5.56 Å². The average molecular weight is 490 g/mol. The first kappa shape index (κ1) is 24.5. The van der Waals surface area contributed by atoms with Gasteiger partial charge in [-0.2, -0.15) is 0 Å². The Hall–Kier alpha value is -2.62. The molecule has 0 spiro atoms. The van der Waals surface area contributed by atoms with Crippen molar-refractivity contribution in [3.05, 3.63) is 70.8 Å². The molecular weight excluding hydrogens is 464 g/mol. The number of ketones is 2. The van der Waals surface area contributed by atoms with Gasteiger partial charge in [-0.1, -0.05) is 42.3 Å². The zero-order valence-corrected chi connectivity index (χ0v) is 19.7. The lowest BCUT2D eigenvalue weighted by Crippen LogP contribution is -2.45. The van der Waals surface area contributed by atoms with E-state index in [1.165, 1.54) is 7.11 Å². The lowest BCUT2D eigenvalue weighted by Gasteiger charge is -2.36. The van der Waals surface area contributed by atoms with Crippen LogP contribution in [0, 0.1) is 11.6 Å². The highest BCUT2D eigenvalue weighted by Crippen LogP contribution is 2.41. The number of ether oxygens (including phenoxy) is 2. The number of hydrogen-bond donors (Lipinski definition) is 0. The van der Waals surface area contributed by atoms with E-state index in [1.807, 2.05) is 6.07 Å². The summed E-state index contributed by atoms with van der Waals surface area (Å²) in [5, 5.41) is -0.748. The minimum atomic E-state index is -1.32. The molecule has 180 valence electrons. The zero-order valence-electron chi connectivity index (χ0n) is 18.9. The number of esters is 1. The molecular formula is C25H25F2NO5S. The van der Waals surface area contributed by atoms with Crippen LogP contribution in [0.25, 0.3) is 0 Å². The summed E-state index contributed by atoms with van der Waals surface area (Å²) in [7, 11) is 1.22. The number of methoxy groups -OCH3 is 1. The number of benzene rings is 2. The van der Waals surface area contributed by atoms with E-state index in [0.717, 1.165) is 24.1 Å². The highest BCUT2D eigenvalue weighted by atomic mass is 32.2. The number of rotatable bonds is 5. The van der Waals surface area contributed by atoms with Gasteiger partial charge in [-0.25, -0.2) is 13.1 Å². The first-order valence-electron chi connectivity index (χ1n) is 11.0. The Labute approximate surface area is 200 Å². The van der Waals surface area contributed by atoms with Gasteiger partial charge in [0.25, 0.3) is 0 Å². The van der Waals surface area contributed by atoms with E-state index < -0.39 is 45.9 Å². The van der Waals surface area contributed by atoms with Gasteiger partial charge in [0.15, 0.2) is 0 Å². The maximum absolute atomic E-state index is 15.3. The molecule has 0 aromatic heterocycles. The van der Waals surface area contributed by atoms with Gasteiger partial charge >= 0.3 is 5.97 Å². The number of carbonyl (C=O) groups is 3. The summed E-state index contributed by atoms with van der Waals surface area (Å²) in [6, 6.07) is 10.2. The van der Waals surface area contributed by atoms with Crippen LogP contribution in [0.1, 0.15) is 41.7 Å². The molecule has 2 fully saturated rings. The van der Waals surface area contributed by atoms with Crippen LogP contribution in [-0.2, 0) is 35.8 Å². The van der Waals surface area contributed by atoms with Crippen molar-refractivity contribution in [2.45, 2.75) is 43.0 Å². The first-order chi connectivity index (χ1) is 16.3. The third kappa shape index (κ3) is 4.39. The Morgan fingerprint density at radius 2 is 1.79 bits per heavy atom. The van der Waals surface area contributed by atoms with Crippen molar-refractivity contribution in [1.29, 1.82) is 0 Å². The minimum Gasteiger partial charge on any atom is -0.468 e. The van der Waals surface area contributed by atoms with Gasteiger partial charge in [-0.15, -0.1) is 0 Å². The van der Waals surface area contributed by atoms with Gasteiger partial charge in [0.2, 0.25) is 11.6 Å². The molecule has 4 rings (SSSR count). The number of nitrogens with zero attached hydrogens (tertiary/aromatic N) is 1. The van der Waals surface area contributed by atoms with Gasteiger partial charge in [-0.05, 0) is 37.5 Å². The van der Waals surface area contributed by atoms with Gasteiger partial charge in [-0.3, -0.25) is 14.4 Å². The molecule has 0 aliphatic carbocycles. The van der Waals surface area contributed by atoms with E-state index in [9.17, 15) is 14.4 Å². The lowest BCUT2D eigenvalue weighted by atomic mass is 9.73. The van der Waals surface area contributed by atoms with Crippen molar-refractivity contribution in [1.82, 2.24) is 4.31 Å². The SMILES string of the molecule is COC(=O)C1(c2cc(F)c(CN3S[C@H](c4ccccc4)C(=O)C(=O)[C@@H]3C)cc2F)CCOCC1. The van der Waals surface area contributed by atoms with Crippen molar-refractivity contribution in [3.63, 3.8) is 0 Å². The molecule has 0 unspecified atom stereocenters. The standard InChI is InChI=1S/C25H25F2NO5S/c1-15-21(29)22(30)23(16-6-4-3-5-7-16)34-28(15)14-17-12-20(27)18(13-19(17)26)25(24(31)32-2)8-10-33-11-9-25/h3-7,12-13,15,23H,8-11,14H2,1-2H3/t15-,23+/m0/s1. The van der Waals surface area contributed by atoms with Gasteiger partial charge < -0.3 is 9.47 Å². The van der Waals surface area contributed by atoms with Gasteiger partial charge in [0.05, 0.1) is 13.2 Å². The van der Waals surface area contributed by atoms with E-state index in [1.54, 1.807) is 35.5 Å². The van der Waals surface area contributed by atoms with Crippen molar-refractivity contribution in [3.8, 4) is 0 Å². The third-order valence-corrected chi connectivity index (χ3v) is 7.95. The molecule has 34 heavy (non-hydrogen) atoms. The summed E-state index contributed by atoms with van der Waals surface area (Å²) in [5.41, 5.74) is -0.674. The fourth-order valence-electron chi connectivity index (χ4n) is 4.50. The summed E-state index contributed by atoms with van der Waals surface area (Å²) >= 11 is 1.14. The van der Waals surface area contributed by atoms with Crippen LogP contribution in [-0.4, -0.2) is 48.2 Å². The van der Waals surface area contributed by atoms with Crippen LogP contribution < -0.4 is 0 Å². The first-order valence-corrected chi connectivity index (χ1v) is 11.8. The summed E-state index contributed by atoms with van der Waals surface area (Å²) in [4.78, 5) is 37.8. The number of carbonyl (C=O) groups excluding carboxylic acids is 3. The summed E-state index contributed by atoms with van der Waals surface area (Å²) < 4.78 is 42.4. The van der Waals surface area contributed by atoms with Crippen LogP contribution >= 0.6 is 11.9 Å². The van der Waals surface area contributed by atoms with Crippen LogP contribution in [0.3, 0.4) is 0 Å². The fraction of sp³-hybridized carbons (Fsp3) is 0.400. The Balaban J connectivity index is 1.64. The quantitative estimate of drug-likeness (QED) is 0.358. The minimum absolute atomic E-state index is 0.0293. The molecule has 6 nitrogen and oxygen atoms in total. The van der Waals surface area contributed by atoms with E-state index in [2.05, 4.69) is 0 Å². The van der Waals surface area contributed by atoms with Crippen molar-refractivity contribution in [2.24, 2.45) is 0 Å². The second-order valence-electron chi connectivity index (χ2n) is 8.49. The fourth-order valence-corrected chi connectivity index (χ4v) is 5.75. The molecule has 2 aromatic rings. The van der Waals surface area contributed by atoms with E-state index in [-0.39, 0.29) is 43.7 Å². The Morgan fingerprint density at radius 3 is 2.44 bits per heavy atom. The van der Waals surface area contributed by atoms with Crippen LogP contribution in [0.2, 0.25) is 0 Å². The highest BCUT2D eigenvalue weighted by molar-refractivity contribution is 7.98. The summed E-state index contributed by atoms with van der Waals surface area (Å²) in [6.45, 7) is 1.95. The van der Waals surface area contributed by atoms with Gasteiger partial charge in [0, 0.05) is 30.9 Å². The second-order valence-corrected chi connectivity index (χ2v) is 9.64. The van der Waals surface area contributed by atoms with Crippen molar-refractivity contribution in [2.75, 3.05) is 20.3 Å². The molecule has 2 atom stereocenters. The monoisotopic (exact) mass is 489 g/mol. The lowest BCUT2D eigenvalue weighted by molar-refractivity contribution is -0.151.